The van der Waals surface area contributed by atoms with Gasteiger partial charge in [-0.2, -0.15) is 0 Å². The number of H-pyrrole nitrogens is 1. The van der Waals surface area contributed by atoms with Crippen molar-refractivity contribution in [2.75, 3.05) is 12.3 Å². The van der Waals surface area contributed by atoms with Crippen LogP contribution in [0.3, 0.4) is 0 Å². The first-order valence-electron chi connectivity index (χ1n) is 12.1. The van der Waals surface area contributed by atoms with Crippen molar-refractivity contribution in [2.24, 2.45) is 5.92 Å². The SMILES string of the molecule is CCn1c(SCC(=O)N2CCc3[nH]c4ccccc4c3C2)nc2sc3c(c2c1=O)CCC(C)C3. The molecule has 0 saturated heterocycles. The van der Waals surface area contributed by atoms with Crippen LogP contribution in [0.2, 0.25) is 0 Å². The molecule has 1 aliphatic heterocycles. The molecule has 34 heavy (non-hydrogen) atoms. The van der Waals surface area contributed by atoms with E-state index >= 15 is 0 Å². The fourth-order valence-corrected chi connectivity index (χ4v) is 7.78. The first-order chi connectivity index (χ1) is 16.5. The van der Waals surface area contributed by atoms with Gasteiger partial charge in [0.2, 0.25) is 5.91 Å². The van der Waals surface area contributed by atoms with Crippen molar-refractivity contribution < 1.29 is 4.79 Å². The molecule has 1 unspecified atom stereocenters. The quantitative estimate of drug-likeness (QED) is 0.329. The number of amides is 1. The number of thioether (sulfide) groups is 1. The topological polar surface area (TPSA) is 71.0 Å². The van der Waals surface area contributed by atoms with Gasteiger partial charge < -0.3 is 9.88 Å². The minimum absolute atomic E-state index is 0.0518. The molecule has 6 rings (SSSR count). The summed E-state index contributed by atoms with van der Waals surface area (Å²) in [5.74, 6) is 1.04. The molecule has 4 heterocycles. The summed E-state index contributed by atoms with van der Waals surface area (Å²) in [4.78, 5) is 39.0. The number of aromatic nitrogens is 3. The Bertz CT molecular complexity index is 1480. The van der Waals surface area contributed by atoms with Gasteiger partial charge in [-0.25, -0.2) is 4.98 Å². The van der Waals surface area contributed by atoms with Crippen molar-refractivity contribution in [3.63, 3.8) is 0 Å². The number of carbonyl (C=O) groups excluding carboxylic acids is 1. The van der Waals surface area contributed by atoms with Gasteiger partial charge in [-0.15, -0.1) is 11.3 Å². The molecule has 0 spiro atoms. The predicted molar refractivity (Wildman–Crippen MR) is 139 cm³/mol. The zero-order chi connectivity index (χ0) is 23.4. The van der Waals surface area contributed by atoms with Crippen molar-refractivity contribution in [3.05, 3.63) is 56.3 Å². The summed E-state index contributed by atoms with van der Waals surface area (Å²) in [5.41, 5.74) is 4.86. The summed E-state index contributed by atoms with van der Waals surface area (Å²) < 4.78 is 1.75. The lowest BCUT2D eigenvalue weighted by Crippen LogP contribution is -2.37. The van der Waals surface area contributed by atoms with Crippen LogP contribution >= 0.6 is 23.1 Å². The highest BCUT2D eigenvalue weighted by Crippen LogP contribution is 2.36. The number of nitrogens with one attached hydrogen (secondary N) is 1. The molecule has 0 bridgehead atoms. The second-order valence-electron chi connectivity index (χ2n) is 9.46. The Morgan fingerprint density at radius 3 is 2.97 bits per heavy atom. The van der Waals surface area contributed by atoms with Gasteiger partial charge in [-0.1, -0.05) is 36.9 Å². The predicted octanol–water partition coefficient (Wildman–Crippen LogP) is 4.76. The summed E-state index contributed by atoms with van der Waals surface area (Å²) in [6.45, 7) is 6.15. The smallest absolute Gasteiger partial charge is 0.263 e. The van der Waals surface area contributed by atoms with Crippen molar-refractivity contribution >= 4 is 50.1 Å². The van der Waals surface area contributed by atoms with E-state index in [1.54, 1.807) is 15.9 Å². The minimum atomic E-state index is 0.0518. The zero-order valence-electron chi connectivity index (χ0n) is 19.5. The molecule has 1 atom stereocenters. The third-order valence-corrected chi connectivity index (χ3v) is 9.37. The number of rotatable bonds is 4. The molecule has 3 aromatic heterocycles. The van der Waals surface area contributed by atoms with E-state index in [1.807, 2.05) is 24.0 Å². The van der Waals surface area contributed by atoms with Crippen molar-refractivity contribution in [1.29, 1.82) is 0 Å². The Kier molecular flexibility index (Phi) is 5.53. The van der Waals surface area contributed by atoms with Crippen molar-refractivity contribution in [1.82, 2.24) is 19.4 Å². The summed E-state index contributed by atoms with van der Waals surface area (Å²) in [6, 6.07) is 8.28. The molecule has 8 heteroatoms. The Morgan fingerprint density at radius 2 is 2.12 bits per heavy atom. The molecule has 2 aliphatic rings. The molecule has 0 saturated carbocycles. The number of aromatic amines is 1. The van der Waals surface area contributed by atoms with E-state index < -0.39 is 0 Å². The van der Waals surface area contributed by atoms with Crippen LogP contribution in [0, 0.1) is 5.92 Å². The van der Waals surface area contributed by atoms with Crippen molar-refractivity contribution in [3.8, 4) is 0 Å². The van der Waals surface area contributed by atoms with E-state index in [9.17, 15) is 9.59 Å². The monoisotopic (exact) mass is 492 g/mol. The standard InChI is InChI=1S/C26H28N4O2S2/c1-3-30-25(32)23-17-9-8-15(2)12-21(17)34-24(23)28-26(30)33-14-22(31)29-11-10-20-18(13-29)16-6-4-5-7-19(16)27-20/h4-7,15,27H,3,8-14H2,1-2H3. The van der Waals surface area contributed by atoms with Gasteiger partial charge in [-0.05, 0) is 43.7 Å². The Hall–Kier alpha value is -2.58. The number of aryl methyl sites for hydroxylation is 1. The van der Waals surface area contributed by atoms with Gasteiger partial charge >= 0.3 is 0 Å². The highest BCUT2D eigenvalue weighted by atomic mass is 32.2. The molecule has 1 aliphatic carbocycles. The van der Waals surface area contributed by atoms with E-state index in [1.165, 1.54) is 38.8 Å². The molecule has 1 amide bonds. The van der Waals surface area contributed by atoms with Crippen LogP contribution in [0.25, 0.3) is 21.1 Å². The summed E-state index contributed by atoms with van der Waals surface area (Å²) in [7, 11) is 0. The number of fused-ring (bicyclic) bond motifs is 6. The minimum Gasteiger partial charge on any atom is -0.358 e. The summed E-state index contributed by atoms with van der Waals surface area (Å²) in [5, 5.41) is 2.67. The van der Waals surface area contributed by atoms with Crippen LogP contribution in [-0.4, -0.2) is 37.6 Å². The van der Waals surface area contributed by atoms with Gasteiger partial charge in [0.15, 0.2) is 5.16 Å². The van der Waals surface area contributed by atoms with Crippen LogP contribution in [0.15, 0.2) is 34.2 Å². The summed E-state index contributed by atoms with van der Waals surface area (Å²) in [6.07, 6.45) is 3.97. The Labute approximate surface area is 206 Å². The van der Waals surface area contributed by atoms with Gasteiger partial charge in [-0.3, -0.25) is 14.2 Å². The molecular weight excluding hydrogens is 464 g/mol. The number of thiophene rings is 1. The molecular formula is C26H28N4O2S2. The average Bonchev–Trinajstić information content (AvgIpc) is 3.39. The Balaban J connectivity index is 1.24. The second-order valence-corrected chi connectivity index (χ2v) is 11.5. The van der Waals surface area contributed by atoms with Crippen LogP contribution in [-0.2, 0) is 37.1 Å². The largest absolute Gasteiger partial charge is 0.358 e. The normalized spacial score (nSPS) is 17.8. The zero-order valence-corrected chi connectivity index (χ0v) is 21.2. The Morgan fingerprint density at radius 1 is 1.26 bits per heavy atom. The first-order valence-corrected chi connectivity index (χ1v) is 13.9. The number of nitrogens with zero attached hydrogens (tertiary/aromatic N) is 3. The van der Waals surface area contributed by atoms with E-state index in [0.717, 1.165) is 41.4 Å². The van der Waals surface area contributed by atoms with Gasteiger partial charge in [0.05, 0.1) is 11.1 Å². The fourth-order valence-electron chi connectivity index (χ4n) is 5.39. The maximum Gasteiger partial charge on any atom is 0.263 e. The molecule has 4 aromatic rings. The van der Waals surface area contributed by atoms with E-state index in [-0.39, 0.29) is 17.2 Å². The second kappa shape index (κ2) is 8.57. The van der Waals surface area contributed by atoms with Crippen LogP contribution in [0.5, 0.6) is 0 Å². The third kappa shape index (κ3) is 3.58. The number of hydrogen-bond donors (Lipinski definition) is 1. The molecule has 1 N–H and O–H groups in total. The number of benzene rings is 1. The fraction of sp³-hybridized carbons (Fsp3) is 0.423. The number of hydrogen-bond acceptors (Lipinski definition) is 5. The highest BCUT2D eigenvalue weighted by molar-refractivity contribution is 7.99. The molecule has 0 fully saturated rings. The van der Waals surface area contributed by atoms with E-state index in [4.69, 9.17) is 4.98 Å². The van der Waals surface area contributed by atoms with Crippen LogP contribution in [0.1, 0.15) is 42.0 Å². The molecule has 0 radical (unpaired) electrons. The number of para-hydroxylation sites is 1. The van der Waals surface area contributed by atoms with Gasteiger partial charge in [0.25, 0.3) is 5.56 Å². The van der Waals surface area contributed by atoms with Gasteiger partial charge in [0, 0.05) is 53.1 Å². The van der Waals surface area contributed by atoms with Crippen LogP contribution < -0.4 is 5.56 Å². The number of carbonyl (C=O) groups is 1. The molecule has 6 nitrogen and oxygen atoms in total. The molecule has 176 valence electrons. The average molecular weight is 493 g/mol. The van der Waals surface area contributed by atoms with E-state index in [0.29, 0.717) is 30.7 Å². The lowest BCUT2D eigenvalue weighted by molar-refractivity contribution is -0.129. The summed E-state index contributed by atoms with van der Waals surface area (Å²) >= 11 is 3.07. The molecule has 1 aromatic carbocycles. The first kappa shape index (κ1) is 21.9. The maximum atomic E-state index is 13.4. The van der Waals surface area contributed by atoms with Crippen molar-refractivity contribution in [2.45, 2.75) is 57.8 Å². The lowest BCUT2D eigenvalue weighted by Gasteiger charge is -2.27. The van der Waals surface area contributed by atoms with E-state index in [2.05, 4.69) is 24.0 Å². The third-order valence-electron chi connectivity index (χ3n) is 7.26. The van der Waals surface area contributed by atoms with Gasteiger partial charge in [0.1, 0.15) is 4.83 Å². The van der Waals surface area contributed by atoms with Crippen LogP contribution in [0.4, 0.5) is 0 Å². The highest BCUT2D eigenvalue weighted by Gasteiger charge is 2.26. The maximum absolute atomic E-state index is 13.4. The lowest BCUT2D eigenvalue weighted by atomic mass is 9.89.